The van der Waals surface area contributed by atoms with Crippen molar-refractivity contribution in [1.82, 2.24) is 0 Å². The lowest BCUT2D eigenvalue weighted by Crippen LogP contribution is -2.40. The van der Waals surface area contributed by atoms with Crippen LogP contribution in [0, 0.1) is 0 Å². The number of unbranched alkanes of at least 4 members (excludes halogenated alkanes) is 5. The first-order valence-corrected chi connectivity index (χ1v) is 12.5. The van der Waals surface area contributed by atoms with Crippen LogP contribution < -0.4 is 0 Å². The summed E-state index contributed by atoms with van der Waals surface area (Å²) in [7, 11) is 0. The van der Waals surface area contributed by atoms with Crippen molar-refractivity contribution in [3.8, 4) is 0 Å². The fourth-order valence-corrected chi connectivity index (χ4v) is 4.50. The van der Waals surface area contributed by atoms with Crippen LogP contribution in [-0.2, 0) is 43.5 Å². The number of benzene rings is 2. The monoisotopic (exact) mass is 454 g/mol. The Labute approximate surface area is 198 Å². The lowest BCUT2D eigenvalue weighted by Gasteiger charge is -2.28. The standard InChI is InChI=1S/C28H38O5/c1-2-3-4-5-6-12-17-30-28-27-26(31-19-23-15-10-11-16-24(23)20-32-27)25(33-28)21-29-18-22-13-8-7-9-14-22/h7-11,13-16,25-28H,2-6,12,17-21H2,1H3/t25-,26-,27+,28-/m1/s1. The molecule has 0 N–H and O–H groups in total. The second kappa shape index (κ2) is 13.2. The summed E-state index contributed by atoms with van der Waals surface area (Å²) in [5.74, 6) is 0. The SMILES string of the molecule is CCCCCCCCO[C@@H]1O[C@H](COCc2ccccc2)[C@H]2OCc3ccccc3CO[C@H]12. The van der Waals surface area contributed by atoms with Gasteiger partial charge in [-0.05, 0) is 23.1 Å². The summed E-state index contributed by atoms with van der Waals surface area (Å²) in [6.07, 6.45) is 6.25. The molecule has 4 rings (SSSR count). The van der Waals surface area contributed by atoms with Crippen LogP contribution in [0.1, 0.15) is 62.1 Å². The van der Waals surface area contributed by atoms with Gasteiger partial charge in [0.15, 0.2) is 6.29 Å². The number of rotatable bonds is 12. The highest BCUT2D eigenvalue weighted by atomic mass is 16.7. The summed E-state index contributed by atoms with van der Waals surface area (Å²) in [4.78, 5) is 0. The Balaban J connectivity index is 1.33. The molecule has 0 amide bonds. The first-order valence-electron chi connectivity index (χ1n) is 12.5. The molecule has 2 aromatic rings. The maximum absolute atomic E-state index is 6.34. The summed E-state index contributed by atoms with van der Waals surface area (Å²) >= 11 is 0. The van der Waals surface area contributed by atoms with Crippen LogP contribution >= 0.6 is 0 Å². The molecule has 0 spiro atoms. The van der Waals surface area contributed by atoms with Gasteiger partial charge >= 0.3 is 0 Å². The summed E-state index contributed by atoms with van der Waals surface area (Å²) in [5.41, 5.74) is 3.47. The van der Waals surface area contributed by atoms with Gasteiger partial charge in [-0.2, -0.15) is 0 Å². The molecule has 0 aliphatic carbocycles. The normalized spacial score (nSPS) is 24.6. The van der Waals surface area contributed by atoms with Crippen LogP contribution in [0.5, 0.6) is 0 Å². The molecule has 2 aliphatic rings. The Hall–Kier alpha value is -1.76. The van der Waals surface area contributed by atoms with E-state index in [9.17, 15) is 0 Å². The van der Waals surface area contributed by atoms with Crippen molar-refractivity contribution in [2.75, 3.05) is 13.2 Å². The molecule has 0 unspecified atom stereocenters. The van der Waals surface area contributed by atoms with Gasteiger partial charge in [-0.25, -0.2) is 0 Å². The minimum absolute atomic E-state index is 0.219. The van der Waals surface area contributed by atoms with Crippen molar-refractivity contribution in [2.24, 2.45) is 0 Å². The highest BCUT2D eigenvalue weighted by molar-refractivity contribution is 5.26. The second-order valence-electron chi connectivity index (χ2n) is 9.00. The van der Waals surface area contributed by atoms with E-state index in [1.807, 2.05) is 30.3 Å². The van der Waals surface area contributed by atoms with E-state index in [4.69, 9.17) is 23.7 Å². The maximum atomic E-state index is 6.34. The molecule has 0 aromatic heterocycles. The number of ether oxygens (including phenoxy) is 5. The topological polar surface area (TPSA) is 46.2 Å². The molecule has 4 atom stereocenters. The van der Waals surface area contributed by atoms with Gasteiger partial charge in [0.25, 0.3) is 0 Å². The Morgan fingerprint density at radius 3 is 2.21 bits per heavy atom. The maximum Gasteiger partial charge on any atom is 0.186 e. The van der Waals surface area contributed by atoms with Crippen LogP contribution in [0.4, 0.5) is 0 Å². The highest BCUT2D eigenvalue weighted by Crippen LogP contribution is 2.32. The van der Waals surface area contributed by atoms with Gasteiger partial charge in [0.1, 0.15) is 18.3 Å². The average molecular weight is 455 g/mol. The smallest absolute Gasteiger partial charge is 0.186 e. The fraction of sp³-hybridized carbons (Fsp3) is 0.571. The zero-order chi connectivity index (χ0) is 22.7. The van der Waals surface area contributed by atoms with Gasteiger partial charge < -0.3 is 23.7 Å². The average Bonchev–Trinajstić information content (AvgIpc) is 3.15. The molecule has 1 fully saturated rings. The Bertz CT molecular complexity index is 811. The van der Waals surface area contributed by atoms with Crippen molar-refractivity contribution in [3.63, 3.8) is 0 Å². The van der Waals surface area contributed by atoms with Gasteiger partial charge in [-0.1, -0.05) is 93.6 Å². The van der Waals surface area contributed by atoms with Crippen molar-refractivity contribution >= 4 is 0 Å². The largest absolute Gasteiger partial charge is 0.374 e. The highest BCUT2D eigenvalue weighted by Gasteiger charge is 2.47. The van der Waals surface area contributed by atoms with Gasteiger partial charge in [-0.15, -0.1) is 0 Å². The Morgan fingerprint density at radius 2 is 1.45 bits per heavy atom. The van der Waals surface area contributed by atoms with E-state index in [2.05, 4.69) is 31.2 Å². The zero-order valence-corrected chi connectivity index (χ0v) is 19.8. The minimum Gasteiger partial charge on any atom is -0.374 e. The quantitative estimate of drug-likeness (QED) is 0.380. The van der Waals surface area contributed by atoms with E-state index >= 15 is 0 Å². The van der Waals surface area contributed by atoms with E-state index in [0.29, 0.717) is 33.0 Å². The van der Waals surface area contributed by atoms with Crippen LogP contribution in [0.2, 0.25) is 0 Å². The molecule has 5 heteroatoms. The summed E-state index contributed by atoms with van der Waals surface area (Å²) in [6.45, 7) is 4.99. The van der Waals surface area contributed by atoms with E-state index in [1.54, 1.807) is 0 Å². The zero-order valence-electron chi connectivity index (χ0n) is 19.8. The molecule has 0 saturated carbocycles. The van der Waals surface area contributed by atoms with Gasteiger partial charge in [-0.3, -0.25) is 0 Å². The fourth-order valence-electron chi connectivity index (χ4n) is 4.50. The van der Waals surface area contributed by atoms with Crippen LogP contribution in [-0.4, -0.2) is 37.8 Å². The number of hydrogen-bond acceptors (Lipinski definition) is 5. The van der Waals surface area contributed by atoms with Crippen LogP contribution in [0.3, 0.4) is 0 Å². The third kappa shape index (κ3) is 7.11. The molecule has 33 heavy (non-hydrogen) atoms. The van der Waals surface area contributed by atoms with Gasteiger partial charge in [0, 0.05) is 6.61 Å². The Morgan fingerprint density at radius 1 is 0.788 bits per heavy atom. The Kier molecular flexibility index (Phi) is 9.75. The lowest BCUT2D eigenvalue weighted by molar-refractivity contribution is -0.186. The third-order valence-electron chi connectivity index (χ3n) is 6.42. The van der Waals surface area contributed by atoms with Crippen molar-refractivity contribution < 1.29 is 23.7 Å². The predicted molar refractivity (Wildman–Crippen MR) is 128 cm³/mol. The second-order valence-corrected chi connectivity index (χ2v) is 9.00. The molecule has 180 valence electrons. The number of fused-ring (bicyclic) bond motifs is 2. The van der Waals surface area contributed by atoms with Crippen LogP contribution in [0.15, 0.2) is 54.6 Å². The molecular formula is C28H38O5. The van der Waals surface area contributed by atoms with Crippen LogP contribution in [0.25, 0.3) is 0 Å². The summed E-state index contributed by atoms with van der Waals surface area (Å²) in [6, 6.07) is 18.5. The van der Waals surface area contributed by atoms with Gasteiger partial charge in [0.05, 0.1) is 26.4 Å². The molecule has 5 nitrogen and oxygen atoms in total. The predicted octanol–water partition coefficient (Wildman–Crippen LogP) is 5.79. The molecule has 0 bridgehead atoms. The first kappa shape index (κ1) is 24.4. The first-order chi connectivity index (χ1) is 16.3. The molecular weight excluding hydrogens is 416 g/mol. The van der Waals surface area contributed by atoms with Crippen molar-refractivity contribution in [3.05, 3.63) is 71.3 Å². The number of hydrogen-bond donors (Lipinski definition) is 0. The van der Waals surface area contributed by atoms with E-state index in [0.717, 1.165) is 23.1 Å². The lowest BCUT2D eigenvalue weighted by atomic mass is 10.1. The van der Waals surface area contributed by atoms with Crippen molar-refractivity contribution in [1.29, 1.82) is 0 Å². The van der Waals surface area contributed by atoms with Gasteiger partial charge in [0.2, 0.25) is 0 Å². The molecule has 0 radical (unpaired) electrons. The molecule has 2 aromatic carbocycles. The summed E-state index contributed by atoms with van der Waals surface area (Å²) in [5, 5.41) is 0. The summed E-state index contributed by atoms with van der Waals surface area (Å²) < 4.78 is 31.1. The van der Waals surface area contributed by atoms with E-state index in [1.165, 1.54) is 32.1 Å². The third-order valence-corrected chi connectivity index (χ3v) is 6.42. The van der Waals surface area contributed by atoms with Crippen molar-refractivity contribution in [2.45, 2.75) is 89.9 Å². The minimum atomic E-state index is -0.429. The molecule has 2 aliphatic heterocycles. The van der Waals surface area contributed by atoms with E-state index < -0.39 is 6.29 Å². The molecule has 2 heterocycles. The molecule has 1 saturated heterocycles. The van der Waals surface area contributed by atoms with E-state index in [-0.39, 0.29) is 18.3 Å².